The van der Waals surface area contributed by atoms with Gasteiger partial charge in [-0.15, -0.1) is 10.00 Å². The summed E-state index contributed by atoms with van der Waals surface area (Å²) in [5.41, 5.74) is -4.42. The molecule has 1 aromatic carbocycles. The molecule has 3 aromatic heterocycles. The molecule has 1 atom stereocenters. The fourth-order valence-corrected chi connectivity index (χ4v) is 8.82. The number of alkyl halides is 2. The summed E-state index contributed by atoms with van der Waals surface area (Å²) in [4.78, 5) is 34.9. The van der Waals surface area contributed by atoms with Crippen LogP contribution in [0.25, 0.3) is 16.8 Å². The van der Waals surface area contributed by atoms with Crippen molar-refractivity contribution in [3.8, 4) is 16.9 Å². The first-order valence-corrected chi connectivity index (χ1v) is 20.5. The van der Waals surface area contributed by atoms with Gasteiger partial charge in [0, 0.05) is 18.2 Å². The second-order valence-corrected chi connectivity index (χ2v) is 19.9. The van der Waals surface area contributed by atoms with Crippen LogP contribution in [0.5, 0.6) is 5.75 Å². The fraction of sp³-hybridized carbons (Fsp3) is 0.500. The molecule has 4 rings (SSSR count). The van der Waals surface area contributed by atoms with E-state index in [1.807, 2.05) is 20.8 Å². The number of hydrogen-bond acceptors (Lipinski definition) is 9. The van der Waals surface area contributed by atoms with Crippen LogP contribution in [0.15, 0.2) is 48.8 Å². The maximum absolute atomic E-state index is 16.3. The number of nitrogens with zero attached hydrogens (tertiary/aromatic N) is 5. The van der Waals surface area contributed by atoms with E-state index in [9.17, 15) is 14.0 Å². The Kier molecular flexibility index (Phi) is 12.7. The summed E-state index contributed by atoms with van der Waals surface area (Å²) in [6.07, 6.45) is -1.02. The van der Waals surface area contributed by atoms with Crippen LogP contribution in [0.1, 0.15) is 81.4 Å². The first-order chi connectivity index (χ1) is 25.5. The summed E-state index contributed by atoms with van der Waals surface area (Å²) in [6, 6.07) is 8.63. The van der Waals surface area contributed by atoms with E-state index in [1.54, 1.807) is 41.5 Å². The summed E-state index contributed by atoms with van der Waals surface area (Å²) in [7, 11) is -2.71. The highest BCUT2D eigenvalue weighted by Crippen LogP contribution is 2.46. The van der Waals surface area contributed by atoms with Gasteiger partial charge in [0.15, 0.2) is 36.9 Å². The number of benzene rings is 1. The lowest BCUT2D eigenvalue weighted by atomic mass is 9.91. The monoisotopic (exact) mass is 793 g/mol. The Morgan fingerprint density at radius 3 is 1.98 bits per heavy atom. The quantitative estimate of drug-likeness (QED) is 0.0963. The van der Waals surface area contributed by atoms with E-state index in [2.05, 4.69) is 15.1 Å². The molecule has 0 bridgehead atoms. The number of halogens is 5. The molecule has 55 heavy (non-hydrogen) atoms. The molecule has 0 aliphatic rings. The van der Waals surface area contributed by atoms with Crippen LogP contribution in [0, 0.1) is 17.5 Å². The molecule has 3 heterocycles. The van der Waals surface area contributed by atoms with Crippen molar-refractivity contribution in [1.29, 1.82) is 0 Å². The maximum Gasteiger partial charge on any atom is 0.427 e. The van der Waals surface area contributed by atoms with E-state index in [-0.39, 0.29) is 22.5 Å². The molecule has 11 nitrogen and oxygen atoms in total. The third-order valence-corrected chi connectivity index (χ3v) is 13.7. The number of imide groups is 1. The number of anilines is 1. The van der Waals surface area contributed by atoms with E-state index >= 15 is 17.6 Å². The molecule has 0 spiro atoms. The lowest BCUT2D eigenvalue weighted by Crippen LogP contribution is -2.54. The number of pyridine rings is 2. The van der Waals surface area contributed by atoms with E-state index in [0.717, 1.165) is 30.5 Å². The van der Waals surface area contributed by atoms with E-state index < -0.39 is 85.4 Å². The van der Waals surface area contributed by atoms with Gasteiger partial charge >= 0.3 is 12.2 Å². The Morgan fingerprint density at radius 2 is 1.45 bits per heavy atom. The fourth-order valence-electron chi connectivity index (χ4n) is 5.76. The predicted molar refractivity (Wildman–Crippen MR) is 198 cm³/mol. The summed E-state index contributed by atoms with van der Waals surface area (Å²) in [5, 5.41) is 4.20. The maximum atomic E-state index is 16.3. The summed E-state index contributed by atoms with van der Waals surface area (Å²) < 4.78 is 101. The van der Waals surface area contributed by atoms with Gasteiger partial charge in [0.05, 0.1) is 18.5 Å². The van der Waals surface area contributed by atoms with Crippen LogP contribution < -0.4 is 9.64 Å². The summed E-state index contributed by atoms with van der Waals surface area (Å²) in [6.45, 7) is 15.7. The number of amides is 2. The van der Waals surface area contributed by atoms with Crippen LogP contribution in [-0.4, -0.2) is 63.8 Å². The van der Waals surface area contributed by atoms with Crippen molar-refractivity contribution < 1.29 is 50.2 Å². The first-order valence-electron chi connectivity index (χ1n) is 17.9. The molecule has 0 aliphatic carbocycles. The van der Waals surface area contributed by atoms with Crippen LogP contribution in [0.2, 0.25) is 18.1 Å². The molecule has 0 saturated heterocycles. The molecule has 0 radical (unpaired) electrons. The van der Waals surface area contributed by atoms with Gasteiger partial charge in [-0.1, -0.05) is 20.8 Å². The lowest BCUT2D eigenvalue weighted by Gasteiger charge is -2.44. The Labute approximate surface area is 318 Å². The molecule has 17 heteroatoms. The van der Waals surface area contributed by atoms with Crippen LogP contribution >= 0.6 is 0 Å². The SMILES string of the molecule is CC[Si](CC)(CC)OC(C)(c1ccc(F)cn1)C(F)(F)CCOc1c(F)ccc(-c2ccn3nc(N(C(=O)OC(C)(C)C)C(=O)OC(C)(C)C)nc3c2)c1F. The van der Waals surface area contributed by atoms with Gasteiger partial charge in [0.25, 0.3) is 11.9 Å². The van der Waals surface area contributed by atoms with E-state index in [4.69, 9.17) is 18.6 Å². The van der Waals surface area contributed by atoms with Gasteiger partial charge in [0.1, 0.15) is 17.0 Å². The minimum atomic E-state index is -3.68. The Morgan fingerprint density at radius 1 is 0.855 bits per heavy atom. The smallest absolute Gasteiger partial charge is 0.427 e. The molecule has 4 aromatic rings. The second kappa shape index (κ2) is 16.2. The molecule has 0 N–H and O–H groups in total. The largest absolute Gasteiger partial charge is 0.487 e. The molecule has 0 saturated carbocycles. The normalized spacial score (nSPS) is 13.7. The third kappa shape index (κ3) is 9.79. The van der Waals surface area contributed by atoms with Gasteiger partial charge in [0.2, 0.25) is 0 Å². The Bertz CT molecular complexity index is 1960. The predicted octanol–water partition coefficient (Wildman–Crippen LogP) is 10.2. The van der Waals surface area contributed by atoms with Crippen molar-refractivity contribution in [3.63, 3.8) is 0 Å². The standard InChI is InChI=1S/C38H48F5N5O6Si/c1-11-55(12-2,13-3)54-37(10,28-17-14-25(39)23-44-28)38(42,43)19-21-51-31-27(40)16-15-26(30(31)41)24-18-20-47-29(22-24)45-32(46-47)48(33(49)52-35(4,5)6)34(50)53-36(7,8)9/h14-18,20,22-23H,11-13,19,21H2,1-10H3. The average Bonchev–Trinajstić information content (AvgIpc) is 3.50. The molecule has 1 unspecified atom stereocenters. The zero-order valence-electron chi connectivity index (χ0n) is 32.7. The first kappa shape index (κ1) is 43.1. The minimum Gasteiger partial charge on any atom is -0.487 e. The van der Waals surface area contributed by atoms with Crippen LogP contribution in [-0.2, 0) is 19.5 Å². The zero-order chi connectivity index (χ0) is 41.1. The summed E-state index contributed by atoms with van der Waals surface area (Å²) in [5.74, 6) is -7.98. The van der Waals surface area contributed by atoms with Crippen LogP contribution in [0.4, 0.5) is 37.5 Å². The highest BCUT2D eigenvalue weighted by Gasteiger charge is 2.56. The Hall–Kier alpha value is -4.64. The molecular weight excluding hydrogens is 746 g/mol. The third-order valence-electron chi connectivity index (χ3n) is 8.97. The van der Waals surface area contributed by atoms with Crippen molar-refractivity contribution >= 4 is 32.1 Å². The highest BCUT2D eigenvalue weighted by atomic mass is 28.4. The van der Waals surface area contributed by atoms with Crippen molar-refractivity contribution in [2.45, 2.75) is 117 Å². The molecule has 2 amide bonds. The topological polar surface area (TPSA) is 117 Å². The number of rotatable bonds is 13. The van der Waals surface area contributed by atoms with Crippen molar-refractivity contribution in [2.75, 3.05) is 11.5 Å². The summed E-state index contributed by atoms with van der Waals surface area (Å²) >= 11 is 0. The van der Waals surface area contributed by atoms with E-state index in [1.165, 1.54) is 29.8 Å². The number of carbonyl (C=O) groups is 2. The van der Waals surface area contributed by atoms with Gasteiger partial charge in [-0.05, 0) is 109 Å². The lowest BCUT2D eigenvalue weighted by molar-refractivity contribution is -0.177. The molecule has 0 aliphatic heterocycles. The van der Waals surface area contributed by atoms with Gasteiger partial charge in [-0.25, -0.2) is 36.1 Å². The van der Waals surface area contributed by atoms with Crippen molar-refractivity contribution in [1.82, 2.24) is 19.6 Å². The molecular formula is C38H48F5N5O6Si. The van der Waals surface area contributed by atoms with Crippen LogP contribution in [0.3, 0.4) is 0 Å². The number of aromatic nitrogens is 4. The van der Waals surface area contributed by atoms with Crippen molar-refractivity contribution in [3.05, 3.63) is 71.9 Å². The highest BCUT2D eigenvalue weighted by molar-refractivity contribution is 6.73. The van der Waals surface area contributed by atoms with Gasteiger partial charge in [-0.3, -0.25) is 4.98 Å². The number of fused-ring (bicyclic) bond motifs is 1. The average molecular weight is 794 g/mol. The zero-order valence-corrected chi connectivity index (χ0v) is 33.7. The minimum absolute atomic E-state index is 0.0509. The van der Waals surface area contributed by atoms with Crippen molar-refractivity contribution in [2.24, 2.45) is 0 Å². The molecule has 300 valence electrons. The number of hydrogen-bond donors (Lipinski definition) is 0. The Balaban J connectivity index is 1.64. The van der Waals surface area contributed by atoms with E-state index in [0.29, 0.717) is 23.0 Å². The second-order valence-electron chi connectivity index (χ2n) is 15.2. The number of carbonyl (C=O) groups excluding carboxylic acids is 2. The van der Waals surface area contributed by atoms with Gasteiger partial charge in [-0.2, -0.15) is 4.98 Å². The molecule has 0 fully saturated rings. The number of ether oxygens (including phenoxy) is 3. The van der Waals surface area contributed by atoms with Gasteiger partial charge < -0.3 is 18.6 Å².